The number of carbonyl (C=O) groups is 1. The highest BCUT2D eigenvalue weighted by Crippen LogP contribution is 2.35. The Labute approximate surface area is 145 Å². The second-order valence-corrected chi connectivity index (χ2v) is 7.57. The zero-order valence-corrected chi connectivity index (χ0v) is 14.7. The number of hydrogen-bond donors (Lipinski definition) is 0. The van der Waals surface area contributed by atoms with E-state index in [4.69, 9.17) is 17.0 Å². The molecular formula is C16H20N2O3S2. The molecule has 23 heavy (non-hydrogen) atoms. The molecule has 2 atom stereocenters. The van der Waals surface area contributed by atoms with E-state index in [1.165, 1.54) is 11.8 Å². The van der Waals surface area contributed by atoms with Crippen LogP contribution in [0.3, 0.4) is 0 Å². The van der Waals surface area contributed by atoms with E-state index in [2.05, 4.69) is 4.90 Å². The molecule has 0 amide bonds. The van der Waals surface area contributed by atoms with Crippen LogP contribution in [0.25, 0.3) is 0 Å². The summed E-state index contributed by atoms with van der Waals surface area (Å²) in [6, 6.07) is 5.50. The van der Waals surface area contributed by atoms with Gasteiger partial charge in [-0.2, -0.15) is 0 Å². The Morgan fingerprint density at radius 2 is 2.22 bits per heavy atom. The topological polar surface area (TPSA) is 51.5 Å². The Hall–Kier alpha value is -1.34. The minimum atomic E-state index is -0.228. The van der Waals surface area contributed by atoms with E-state index in [9.17, 15) is 9.59 Å². The first kappa shape index (κ1) is 16.5. The van der Waals surface area contributed by atoms with Crippen molar-refractivity contribution in [1.82, 2.24) is 9.47 Å². The molecule has 2 aliphatic heterocycles. The van der Waals surface area contributed by atoms with Gasteiger partial charge in [0.05, 0.1) is 12.4 Å². The van der Waals surface area contributed by atoms with E-state index in [-0.39, 0.29) is 17.3 Å². The lowest BCUT2D eigenvalue weighted by Crippen LogP contribution is -2.48. The van der Waals surface area contributed by atoms with E-state index >= 15 is 0 Å². The standard InChI is InChI=1S/C16H20N2O3S2/c1-2-21-15(20)10-23-16(22)17-7-11-6-12(9-17)13-4-3-5-14(19)18(13)8-11/h3-5,11-12H,2,6-10H2,1H3/t11-,12+/m1/s1. The Kier molecular flexibility index (Phi) is 5.06. The molecule has 3 heterocycles. The number of carbonyl (C=O) groups excluding carboxylic acids is 1. The Morgan fingerprint density at radius 1 is 1.39 bits per heavy atom. The van der Waals surface area contributed by atoms with E-state index in [1.54, 1.807) is 13.0 Å². The van der Waals surface area contributed by atoms with Crippen molar-refractivity contribution in [3.8, 4) is 0 Å². The number of thioether (sulfide) groups is 1. The molecule has 1 aromatic heterocycles. The molecule has 0 unspecified atom stereocenters. The molecule has 1 saturated heterocycles. The quantitative estimate of drug-likeness (QED) is 0.611. The number of ether oxygens (including phenoxy) is 1. The fourth-order valence-corrected chi connectivity index (χ4v) is 4.44. The second kappa shape index (κ2) is 7.05. The molecule has 1 fully saturated rings. The summed E-state index contributed by atoms with van der Waals surface area (Å²) in [7, 11) is 0. The van der Waals surface area contributed by atoms with E-state index in [0.717, 1.165) is 36.1 Å². The molecule has 0 radical (unpaired) electrons. The predicted molar refractivity (Wildman–Crippen MR) is 94.8 cm³/mol. The van der Waals surface area contributed by atoms with Crippen LogP contribution in [0.2, 0.25) is 0 Å². The molecule has 7 heteroatoms. The van der Waals surface area contributed by atoms with Gasteiger partial charge in [0.2, 0.25) is 0 Å². The van der Waals surface area contributed by atoms with Gasteiger partial charge in [-0.1, -0.05) is 30.0 Å². The molecule has 2 bridgehead atoms. The maximum Gasteiger partial charge on any atom is 0.316 e. The van der Waals surface area contributed by atoms with E-state index in [0.29, 0.717) is 18.4 Å². The van der Waals surface area contributed by atoms with Gasteiger partial charge >= 0.3 is 5.97 Å². The van der Waals surface area contributed by atoms with Crippen LogP contribution < -0.4 is 5.56 Å². The summed E-state index contributed by atoms with van der Waals surface area (Å²) in [5.41, 5.74) is 1.20. The number of likely N-dealkylation sites (tertiary alicyclic amines) is 1. The summed E-state index contributed by atoms with van der Waals surface area (Å²) in [6.07, 6.45) is 1.10. The number of aromatic nitrogens is 1. The number of nitrogens with zero attached hydrogens (tertiary/aromatic N) is 2. The number of piperidine rings is 1. The maximum atomic E-state index is 12.0. The SMILES string of the molecule is CCOC(=O)CSC(=S)N1C[C@H]2C[C@@H](C1)c1cccc(=O)n1C2. The van der Waals surface area contributed by atoms with Crippen molar-refractivity contribution in [3.63, 3.8) is 0 Å². The first-order chi connectivity index (χ1) is 11.1. The van der Waals surface area contributed by atoms with Gasteiger partial charge in [-0.15, -0.1) is 0 Å². The van der Waals surface area contributed by atoms with Crippen molar-refractivity contribution in [2.24, 2.45) is 5.92 Å². The first-order valence-corrected chi connectivity index (χ1v) is 9.25. The first-order valence-electron chi connectivity index (χ1n) is 7.85. The third-order valence-corrected chi connectivity index (χ3v) is 5.85. The average Bonchev–Trinajstić information content (AvgIpc) is 2.54. The second-order valence-electron chi connectivity index (χ2n) is 5.96. The summed E-state index contributed by atoms with van der Waals surface area (Å²) < 4.78 is 7.60. The maximum absolute atomic E-state index is 12.0. The monoisotopic (exact) mass is 352 g/mol. The lowest BCUT2D eigenvalue weighted by molar-refractivity contribution is -0.139. The predicted octanol–water partition coefficient (Wildman–Crippen LogP) is 1.85. The van der Waals surface area contributed by atoms with Gasteiger partial charge in [0.1, 0.15) is 4.32 Å². The van der Waals surface area contributed by atoms with Gasteiger partial charge in [-0.3, -0.25) is 9.59 Å². The Bertz CT molecular complexity index is 674. The van der Waals surface area contributed by atoms with Crippen molar-refractivity contribution >= 4 is 34.3 Å². The molecule has 0 aromatic carbocycles. The zero-order chi connectivity index (χ0) is 16.4. The fourth-order valence-electron chi connectivity index (χ4n) is 3.46. The van der Waals surface area contributed by atoms with Gasteiger partial charge < -0.3 is 14.2 Å². The summed E-state index contributed by atoms with van der Waals surface area (Å²) in [4.78, 5) is 25.7. The van der Waals surface area contributed by atoms with Crippen molar-refractivity contribution < 1.29 is 9.53 Å². The summed E-state index contributed by atoms with van der Waals surface area (Å²) in [6.45, 7) is 4.62. The highest BCUT2D eigenvalue weighted by Gasteiger charge is 2.35. The lowest BCUT2D eigenvalue weighted by atomic mass is 9.83. The summed E-state index contributed by atoms with van der Waals surface area (Å²) in [5, 5.41) is 0. The van der Waals surface area contributed by atoms with Crippen LogP contribution >= 0.6 is 24.0 Å². The molecule has 3 rings (SSSR count). The van der Waals surface area contributed by atoms with Crippen LogP contribution in [0.5, 0.6) is 0 Å². The van der Waals surface area contributed by atoms with Crippen LogP contribution in [-0.2, 0) is 16.1 Å². The number of rotatable bonds is 3. The van der Waals surface area contributed by atoms with Crippen molar-refractivity contribution in [3.05, 3.63) is 34.2 Å². The number of fused-ring (bicyclic) bond motifs is 4. The minimum absolute atomic E-state index is 0.0879. The van der Waals surface area contributed by atoms with Crippen molar-refractivity contribution in [2.45, 2.75) is 25.8 Å². The molecule has 0 spiro atoms. The molecule has 2 aliphatic rings. The molecule has 0 N–H and O–H groups in total. The third-order valence-electron chi connectivity index (χ3n) is 4.36. The summed E-state index contributed by atoms with van der Waals surface area (Å²) in [5.74, 6) is 0.795. The summed E-state index contributed by atoms with van der Waals surface area (Å²) >= 11 is 6.86. The largest absolute Gasteiger partial charge is 0.465 e. The lowest BCUT2D eigenvalue weighted by Gasteiger charge is -2.43. The number of esters is 1. The third kappa shape index (κ3) is 3.61. The molecule has 0 saturated carbocycles. The number of thiocarbonyl (C=S) groups is 1. The van der Waals surface area contributed by atoms with Gasteiger partial charge in [0.25, 0.3) is 5.56 Å². The van der Waals surface area contributed by atoms with Crippen LogP contribution in [-0.4, -0.2) is 45.2 Å². The molecular weight excluding hydrogens is 332 g/mol. The number of pyridine rings is 1. The van der Waals surface area contributed by atoms with Gasteiger partial charge in [-0.05, 0) is 25.3 Å². The molecule has 5 nitrogen and oxygen atoms in total. The van der Waals surface area contributed by atoms with E-state index < -0.39 is 0 Å². The molecule has 0 aliphatic carbocycles. The molecule has 124 valence electrons. The number of hydrogen-bond acceptors (Lipinski definition) is 5. The van der Waals surface area contributed by atoms with Crippen LogP contribution in [0.4, 0.5) is 0 Å². The van der Waals surface area contributed by atoms with Gasteiger partial charge in [0.15, 0.2) is 0 Å². The normalized spacial score (nSPS) is 22.4. The van der Waals surface area contributed by atoms with Gasteiger partial charge in [-0.25, -0.2) is 0 Å². The smallest absolute Gasteiger partial charge is 0.316 e. The Morgan fingerprint density at radius 3 is 3.00 bits per heavy atom. The van der Waals surface area contributed by atoms with E-state index in [1.807, 2.05) is 16.7 Å². The van der Waals surface area contributed by atoms with Crippen LogP contribution in [0.15, 0.2) is 23.0 Å². The van der Waals surface area contributed by atoms with Gasteiger partial charge in [0, 0.05) is 37.3 Å². The fraction of sp³-hybridized carbons (Fsp3) is 0.562. The van der Waals surface area contributed by atoms with Crippen LogP contribution in [0.1, 0.15) is 25.0 Å². The average molecular weight is 352 g/mol. The highest BCUT2D eigenvalue weighted by atomic mass is 32.2. The minimum Gasteiger partial charge on any atom is -0.465 e. The Balaban J connectivity index is 1.66. The zero-order valence-electron chi connectivity index (χ0n) is 13.1. The van der Waals surface area contributed by atoms with Crippen molar-refractivity contribution in [1.29, 1.82) is 0 Å². The highest BCUT2D eigenvalue weighted by molar-refractivity contribution is 8.23. The van der Waals surface area contributed by atoms with Crippen molar-refractivity contribution in [2.75, 3.05) is 25.4 Å². The van der Waals surface area contributed by atoms with Crippen LogP contribution in [0, 0.1) is 5.92 Å². The molecule has 1 aromatic rings.